The Morgan fingerprint density at radius 3 is 2.58 bits per heavy atom. The maximum Gasteiger partial charge on any atom is 0.271 e. The number of pyridine rings is 1. The third-order valence-corrected chi connectivity index (χ3v) is 4.63. The second-order valence-electron chi connectivity index (χ2n) is 6.10. The van der Waals surface area contributed by atoms with Gasteiger partial charge in [0, 0.05) is 13.0 Å². The van der Waals surface area contributed by atoms with E-state index in [4.69, 9.17) is 0 Å². The topological polar surface area (TPSA) is 83.1 Å². The first-order valence-corrected chi connectivity index (χ1v) is 8.35. The van der Waals surface area contributed by atoms with Crippen molar-refractivity contribution < 1.29 is 9.90 Å². The van der Waals surface area contributed by atoms with Gasteiger partial charge in [0.1, 0.15) is 11.6 Å². The molecular formula is C21H18N2O3. The smallest absolute Gasteiger partial charge is 0.271 e. The lowest BCUT2D eigenvalue weighted by molar-refractivity contribution is 0.0988. The van der Waals surface area contributed by atoms with Crippen molar-refractivity contribution in [3.63, 3.8) is 0 Å². The highest BCUT2D eigenvalue weighted by Crippen LogP contribution is 2.25. The van der Waals surface area contributed by atoms with Crippen LogP contribution in [0.3, 0.4) is 0 Å². The van der Waals surface area contributed by atoms with Crippen molar-refractivity contribution >= 4 is 16.6 Å². The van der Waals surface area contributed by atoms with E-state index in [2.05, 4.69) is 0 Å². The minimum Gasteiger partial charge on any atom is -0.494 e. The minimum absolute atomic E-state index is 0.0379. The SMILES string of the molecule is CCn1c(O)c(C(=O)Cc2cccc3ccccc23)c(C)c(C#N)c1=O. The van der Waals surface area contributed by atoms with Crippen molar-refractivity contribution in [3.05, 3.63) is 75.1 Å². The third-order valence-electron chi connectivity index (χ3n) is 4.63. The van der Waals surface area contributed by atoms with Gasteiger partial charge in [0.2, 0.25) is 5.88 Å². The molecule has 130 valence electrons. The summed E-state index contributed by atoms with van der Waals surface area (Å²) in [6.07, 6.45) is 0.0720. The maximum atomic E-state index is 13.0. The molecule has 0 amide bonds. The molecule has 0 unspecified atom stereocenters. The predicted molar refractivity (Wildman–Crippen MR) is 99.5 cm³/mol. The van der Waals surface area contributed by atoms with Crippen molar-refractivity contribution in [2.75, 3.05) is 0 Å². The molecule has 1 heterocycles. The summed E-state index contributed by atoms with van der Waals surface area (Å²) in [5, 5.41) is 21.7. The average molecular weight is 346 g/mol. The molecule has 3 aromatic rings. The monoisotopic (exact) mass is 346 g/mol. The molecule has 0 aliphatic carbocycles. The number of hydrogen-bond acceptors (Lipinski definition) is 4. The van der Waals surface area contributed by atoms with Crippen molar-refractivity contribution in [2.45, 2.75) is 26.8 Å². The zero-order valence-corrected chi connectivity index (χ0v) is 14.6. The molecule has 3 rings (SSSR count). The number of rotatable bonds is 4. The van der Waals surface area contributed by atoms with Gasteiger partial charge in [0.05, 0.1) is 5.56 Å². The van der Waals surface area contributed by atoms with Gasteiger partial charge in [-0.1, -0.05) is 42.5 Å². The molecular weight excluding hydrogens is 328 g/mol. The van der Waals surface area contributed by atoms with Crippen molar-refractivity contribution in [1.82, 2.24) is 4.57 Å². The van der Waals surface area contributed by atoms with Crippen LogP contribution in [-0.2, 0) is 13.0 Å². The number of aromatic hydroxyl groups is 1. The van der Waals surface area contributed by atoms with E-state index in [-0.39, 0.29) is 41.3 Å². The summed E-state index contributed by atoms with van der Waals surface area (Å²) < 4.78 is 1.06. The first kappa shape index (κ1) is 17.4. The Morgan fingerprint density at radius 2 is 1.88 bits per heavy atom. The van der Waals surface area contributed by atoms with Gasteiger partial charge in [0.25, 0.3) is 5.56 Å². The van der Waals surface area contributed by atoms with Crippen molar-refractivity contribution in [1.29, 1.82) is 5.26 Å². The molecule has 0 aliphatic heterocycles. The predicted octanol–water partition coefficient (Wildman–Crippen LogP) is 3.33. The van der Waals surface area contributed by atoms with E-state index >= 15 is 0 Å². The van der Waals surface area contributed by atoms with E-state index in [9.17, 15) is 20.0 Å². The van der Waals surface area contributed by atoms with Gasteiger partial charge in [-0.25, -0.2) is 0 Å². The maximum absolute atomic E-state index is 13.0. The largest absolute Gasteiger partial charge is 0.494 e. The van der Waals surface area contributed by atoms with Crippen LogP contribution in [-0.4, -0.2) is 15.5 Å². The van der Waals surface area contributed by atoms with Crippen LogP contribution in [0.15, 0.2) is 47.3 Å². The Balaban J connectivity index is 2.14. The molecule has 0 saturated heterocycles. The Hall–Kier alpha value is -3.39. The fourth-order valence-corrected chi connectivity index (χ4v) is 3.29. The fourth-order valence-electron chi connectivity index (χ4n) is 3.29. The molecule has 5 heteroatoms. The Morgan fingerprint density at radius 1 is 1.19 bits per heavy atom. The standard InChI is InChI=1S/C21H18N2O3/c1-3-23-20(25)17(12-22)13(2)19(21(23)26)18(24)11-15-9-6-8-14-7-4-5-10-16(14)15/h4-10,26H,3,11H2,1-2H3. The molecule has 0 aliphatic rings. The van der Waals surface area contributed by atoms with E-state index in [0.29, 0.717) is 0 Å². The van der Waals surface area contributed by atoms with E-state index < -0.39 is 5.56 Å². The van der Waals surface area contributed by atoms with Crippen LogP contribution >= 0.6 is 0 Å². The number of fused-ring (bicyclic) bond motifs is 1. The van der Waals surface area contributed by atoms with Gasteiger partial charge < -0.3 is 5.11 Å². The number of aromatic nitrogens is 1. The minimum atomic E-state index is -0.577. The quantitative estimate of drug-likeness (QED) is 0.735. The highest BCUT2D eigenvalue weighted by Gasteiger charge is 2.23. The van der Waals surface area contributed by atoms with Crippen molar-refractivity contribution in [3.8, 4) is 11.9 Å². The van der Waals surface area contributed by atoms with Crippen molar-refractivity contribution in [2.24, 2.45) is 0 Å². The lowest BCUT2D eigenvalue weighted by Crippen LogP contribution is -2.26. The Bertz CT molecular complexity index is 1120. The Labute approximate surface area is 150 Å². The molecule has 1 aromatic heterocycles. The van der Waals surface area contributed by atoms with Gasteiger partial charge in [-0.05, 0) is 35.7 Å². The lowest BCUT2D eigenvalue weighted by Gasteiger charge is -2.14. The highest BCUT2D eigenvalue weighted by atomic mass is 16.3. The summed E-state index contributed by atoms with van der Waals surface area (Å²) in [4.78, 5) is 25.2. The van der Waals surface area contributed by atoms with E-state index in [1.54, 1.807) is 6.92 Å². The van der Waals surface area contributed by atoms with E-state index in [1.807, 2.05) is 48.5 Å². The second-order valence-corrected chi connectivity index (χ2v) is 6.10. The van der Waals surface area contributed by atoms with Gasteiger partial charge >= 0.3 is 0 Å². The fraction of sp³-hybridized carbons (Fsp3) is 0.190. The summed E-state index contributed by atoms with van der Waals surface area (Å²) in [5.74, 6) is -0.700. The number of benzene rings is 2. The average Bonchev–Trinajstić information content (AvgIpc) is 2.63. The number of carbonyl (C=O) groups excluding carboxylic acids is 1. The summed E-state index contributed by atoms with van der Waals surface area (Å²) in [6, 6.07) is 15.3. The second kappa shape index (κ2) is 6.85. The van der Waals surface area contributed by atoms with Gasteiger partial charge in [-0.3, -0.25) is 14.2 Å². The summed E-state index contributed by atoms with van der Waals surface area (Å²) in [7, 11) is 0. The molecule has 0 spiro atoms. The number of nitriles is 1. The number of hydrogen-bond donors (Lipinski definition) is 1. The van der Waals surface area contributed by atoms with Gasteiger partial charge in [0.15, 0.2) is 5.78 Å². The summed E-state index contributed by atoms with van der Waals surface area (Å²) in [5.41, 5.74) is 0.415. The van der Waals surface area contributed by atoms with E-state index in [1.165, 1.54) is 6.92 Å². The molecule has 0 saturated carbocycles. The highest BCUT2D eigenvalue weighted by molar-refractivity contribution is 6.03. The number of nitrogens with zero attached hydrogens (tertiary/aromatic N) is 2. The first-order valence-electron chi connectivity index (χ1n) is 8.35. The van der Waals surface area contributed by atoms with Crippen LogP contribution in [0.4, 0.5) is 0 Å². The third kappa shape index (κ3) is 2.76. The summed E-state index contributed by atoms with van der Waals surface area (Å²) >= 11 is 0. The Kier molecular flexibility index (Phi) is 4.59. The zero-order valence-electron chi connectivity index (χ0n) is 14.6. The molecule has 0 bridgehead atoms. The number of carbonyl (C=O) groups is 1. The molecule has 0 atom stereocenters. The van der Waals surface area contributed by atoms with Gasteiger partial charge in [-0.2, -0.15) is 5.26 Å². The molecule has 1 N–H and O–H groups in total. The molecule has 0 radical (unpaired) electrons. The molecule has 0 fully saturated rings. The first-order chi connectivity index (χ1) is 12.5. The van der Waals surface area contributed by atoms with Crippen LogP contribution in [0.1, 0.15) is 34.0 Å². The number of ketones is 1. The van der Waals surface area contributed by atoms with Crippen LogP contribution in [0, 0.1) is 18.3 Å². The summed E-state index contributed by atoms with van der Waals surface area (Å²) in [6.45, 7) is 3.38. The zero-order chi connectivity index (χ0) is 18.8. The number of Topliss-reactive ketones (excluding diaryl/α,β-unsaturated/α-hetero) is 1. The molecule has 2 aromatic carbocycles. The van der Waals surface area contributed by atoms with Crippen LogP contribution < -0.4 is 5.56 Å². The van der Waals surface area contributed by atoms with Crippen LogP contribution in [0.25, 0.3) is 10.8 Å². The normalized spacial score (nSPS) is 10.7. The molecule has 5 nitrogen and oxygen atoms in total. The van der Waals surface area contributed by atoms with Gasteiger partial charge in [-0.15, -0.1) is 0 Å². The van der Waals surface area contributed by atoms with Crippen LogP contribution in [0.5, 0.6) is 5.88 Å². The molecule has 26 heavy (non-hydrogen) atoms. The lowest BCUT2D eigenvalue weighted by atomic mass is 9.95. The van der Waals surface area contributed by atoms with E-state index in [0.717, 1.165) is 20.9 Å². The van der Waals surface area contributed by atoms with Crippen LogP contribution in [0.2, 0.25) is 0 Å².